The smallest absolute Gasteiger partial charge is 0.410 e. The zero-order chi connectivity index (χ0) is 14.0. The van der Waals surface area contributed by atoms with Crippen LogP contribution in [0, 0.1) is 0 Å². The van der Waals surface area contributed by atoms with Crippen molar-refractivity contribution in [3.05, 3.63) is 0 Å². The molecule has 17 heavy (non-hydrogen) atoms. The first-order valence-corrected chi connectivity index (χ1v) is 5.75. The van der Waals surface area contributed by atoms with Crippen molar-refractivity contribution in [1.82, 2.24) is 4.72 Å². The zero-order valence-corrected chi connectivity index (χ0v) is 10.4. The van der Waals surface area contributed by atoms with E-state index in [1.54, 1.807) is 4.72 Å². The Morgan fingerprint density at radius 1 is 1.41 bits per heavy atom. The molecule has 0 fully saturated rings. The Bertz CT molecular complexity index is 280. The van der Waals surface area contributed by atoms with Gasteiger partial charge in [-0.05, 0) is 20.8 Å². The van der Waals surface area contributed by atoms with Crippen molar-refractivity contribution < 1.29 is 27.6 Å². The Morgan fingerprint density at radius 3 is 2.06 bits per heavy atom. The summed E-state index contributed by atoms with van der Waals surface area (Å²) in [5, 5.41) is 8.47. The first-order chi connectivity index (χ1) is 7.37. The summed E-state index contributed by atoms with van der Waals surface area (Å²) in [5.41, 5.74) is 4.92. The highest BCUT2D eigenvalue weighted by Gasteiger charge is 2.50. The Balaban J connectivity index is 4.92. The number of carboxylic acids is 1. The van der Waals surface area contributed by atoms with Gasteiger partial charge in [-0.15, -0.1) is 4.72 Å². The van der Waals surface area contributed by atoms with Crippen molar-refractivity contribution in [1.29, 1.82) is 0 Å². The lowest BCUT2D eigenvalue weighted by molar-refractivity contribution is -0.167. The summed E-state index contributed by atoms with van der Waals surface area (Å²) >= 11 is -2.06. The number of nitrogens with two attached hydrogens (primary N) is 1. The number of carbonyl (C=O) groups is 1. The van der Waals surface area contributed by atoms with E-state index in [-0.39, 0.29) is 0 Å². The van der Waals surface area contributed by atoms with Gasteiger partial charge in [0.15, 0.2) is 6.04 Å². The van der Waals surface area contributed by atoms with Gasteiger partial charge in [-0.2, -0.15) is 13.2 Å². The van der Waals surface area contributed by atoms with Crippen molar-refractivity contribution >= 4 is 17.3 Å². The largest absolute Gasteiger partial charge is 0.598 e. The van der Waals surface area contributed by atoms with Gasteiger partial charge >= 0.3 is 12.1 Å². The normalized spacial score (nSPS) is 18.6. The van der Waals surface area contributed by atoms with Crippen molar-refractivity contribution in [3.8, 4) is 0 Å². The predicted molar refractivity (Wildman–Crippen MR) is 56.5 cm³/mol. The minimum atomic E-state index is -4.89. The Hall–Kier alpha value is -0.510. The molecular weight excluding hydrogens is 261 g/mol. The topological polar surface area (TPSA) is 98.4 Å². The second-order valence-corrected chi connectivity index (χ2v) is 6.38. The molecule has 3 unspecified atom stereocenters. The molecule has 0 amide bonds. The van der Waals surface area contributed by atoms with E-state index in [0.29, 0.717) is 0 Å². The Labute approximate surface area is 99.9 Å². The molecule has 0 rings (SSSR count). The van der Waals surface area contributed by atoms with Gasteiger partial charge in [0.2, 0.25) is 0 Å². The van der Waals surface area contributed by atoms with Gasteiger partial charge < -0.3 is 15.4 Å². The van der Waals surface area contributed by atoms with E-state index in [2.05, 4.69) is 0 Å². The lowest BCUT2D eigenvalue weighted by atomic mass is 10.1. The predicted octanol–water partition coefficient (Wildman–Crippen LogP) is 0.381. The average molecular weight is 276 g/mol. The maximum absolute atomic E-state index is 12.5. The molecule has 0 aliphatic heterocycles. The number of alkyl halides is 3. The Morgan fingerprint density at radius 2 is 1.82 bits per heavy atom. The van der Waals surface area contributed by atoms with Crippen LogP contribution in [0.15, 0.2) is 0 Å². The third-order valence-corrected chi connectivity index (χ3v) is 3.37. The minimum Gasteiger partial charge on any atom is -0.598 e. The number of halogens is 3. The number of rotatable bonds is 4. The lowest BCUT2D eigenvalue weighted by Gasteiger charge is -2.30. The molecule has 0 aromatic rings. The first-order valence-electron chi connectivity index (χ1n) is 4.60. The van der Waals surface area contributed by atoms with Crippen molar-refractivity contribution in [2.24, 2.45) is 5.73 Å². The van der Waals surface area contributed by atoms with E-state index in [9.17, 15) is 22.5 Å². The van der Waals surface area contributed by atoms with Gasteiger partial charge in [0.05, 0.1) is 0 Å². The van der Waals surface area contributed by atoms with E-state index in [4.69, 9.17) is 10.8 Å². The van der Waals surface area contributed by atoms with Crippen LogP contribution in [0.4, 0.5) is 13.2 Å². The van der Waals surface area contributed by atoms with E-state index in [1.807, 2.05) is 0 Å². The highest BCUT2D eigenvalue weighted by atomic mass is 32.2. The standard InChI is InChI=1S/C8H15F3N2O3S/c1-7(2,3)17(16)13-5(8(9,10)11)4(12)6(14)15/h4-5,13H,12H2,1-3H3,(H,14,15). The molecule has 102 valence electrons. The molecule has 0 spiro atoms. The summed E-state index contributed by atoms with van der Waals surface area (Å²) in [4.78, 5) is 10.5. The zero-order valence-electron chi connectivity index (χ0n) is 9.54. The lowest BCUT2D eigenvalue weighted by Crippen LogP contribution is -2.61. The fourth-order valence-corrected chi connectivity index (χ4v) is 1.64. The van der Waals surface area contributed by atoms with E-state index in [1.165, 1.54) is 20.8 Å². The van der Waals surface area contributed by atoms with Crippen LogP contribution in [-0.4, -0.2) is 38.6 Å². The molecule has 0 radical (unpaired) electrons. The van der Waals surface area contributed by atoms with Crippen LogP contribution >= 0.6 is 0 Å². The number of hydrogen-bond donors (Lipinski definition) is 3. The third-order valence-electron chi connectivity index (χ3n) is 1.79. The summed E-state index contributed by atoms with van der Waals surface area (Å²) in [7, 11) is 0. The second-order valence-electron chi connectivity index (χ2n) is 4.38. The van der Waals surface area contributed by atoms with Crippen molar-refractivity contribution in [2.45, 2.75) is 43.8 Å². The SMILES string of the molecule is CC(C)(C)[S+]([O-])NC(C(N)C(=O)O)C(F)(F)F. The van der Waals surface area contributed by atoms with Gasteiger partial charge in [0.1, 0.15) is 10.8 Å². The molecule has 0 aliphatic rings. The fraction of sp³-hybridized carbons (Fsp3) is 0.875. The summed E-state index contributed by atoms with van der Waals surface area (Å²) in [5.74, 6) is -1.81. The van der Waals surface area contributed by atoms with E-state index >= 15 is 0 Å². The molecule has 5 nitrogen and oxygen atoms in total. The maximum Gasteiger partial charge on any atom is 0.410 e. The molecule has 3 atom stereocenters. The summed E-state index contributed by atoms with van der Waals surface area (Å²) in [6.07, 6.45) is -4.89. The van der Waals surface area contributed by atoms with Crippen LogP contribution in [0.1, 0.15) is 20.8 Å². The maximum atomic E-state index is 12.5. The number of carboxylic acid groups (broad SMARTS) is 1. The van der Waals surface area contributed by atoms with E-state index < -0.39 is 40.3 Å². The minimum absolute atomic E-state index is 0.957. The highest BCUT2D eigenvalue weighted by Crippen LogP contribution is 2.25. The molecular formula is C8H15F3N2O3S. The number of hydrogen-bond acceptors (Lipinski definition) is 4. The van der Waals surface area contributed by atoms with Gasteiger partial charge in [-0.1, -0.05) is 0 Å². The number of nitrogens with one attached hydrogen (secondary N) is 1. The molecule has 0 heterocycles. The summed E-state index contributed by atoms with van der Waals surface area (Å²) in [6.45, 7) is 4.36. The summed E-state index contributed by atoms with van der Waals surface area (Å²) in [6, 6.07) is -4.76. The van der Waals surface area contributed by atoms with Crippen LogP contribution in [-0.2, 0) is 16.2 Å². The monoisotopic (exact) mass is 276 g/mol. The third kappa shape index (κ3) is 5.11. The molecule has 0 aromatic heterocycles. The Kier molecular flexibility index (Phi) is 5.26. The first kappa shape index (κ1) is 16.5. The average Bonchev–Trinajstić information content (AvgIpc) is 2.08. The summed E-state index contributed by atoms with van der Waals surface area (Å²) < 4.78 is 49.9. The quantitative estimate of drug-likeness (QED) is 0.645. The van der Waals surface area contributed by atoms with Crippen LogP contribution in [0.5, 0.6) is 0 Å². The van der Waals surface area contributed by atoms with Gasteiger partial charge in [-0.25, -0.2) is 0 Å². The fourth-order valence-electron chi connectivity index (χ4n) is 0.778. The second kappa shape index (κ2) is 5.42. The van der Waals surface area contributed by atoms with Crippen LogP contribution in [0.25, 0.3) is 0 Å². The van der Waals surface area contributed by atoms with Crippen molar-refractivity contribution in [3.63, 3.8) is 0 Å². The molecule has 0 saturated carbocycles. The molecule has 0 aromatic carbocycles. The van der Waals surface area contributed by atoms with Crippen LogP contribution in [0.2, 0.25) is 0 Å². The highest BCUT2D eigenvalue weighted by molar-refractivity contribution is 7.90. The molecule has 0 bridgehead atoms. The molecule has 0 aliphatic carbocycles. The van der Waals surface area contributed by atoms with Crippen LogP contribution < -0.4 is 10.5 Å². The van der Waals surface area contributed by atoms with Crippen LogP contribution in [0.3, 0.4) is 0 Å². The molecule has 4 N–H and O–H groups in total. The van der Waals surface area contributed by atoms with E-state index in [0.717, 1.165) is 0 Å². The number of aliphatic carboxylic acids is 1. The van der Waals surface area contributed by atoms with Gasteiger partial charge in [-0.3, -0.25) is 4.79 Å². The molecule has 9 heteroatoms. The van der Waals surface area contributed by atoms with Gasteiger partial charge in [0.25, 0.3) is 0 Å². The van der Waals surface area contributed by atoms with Gasteiger partial charge in [0, 0.05) is 11.4 Å². The van der Waals surface area contributed by atoms with Crippen molar-refractivity contribution in [2.75, 3.05) is 0 Å². The molecule has 0 saturated heterocycles.